The first-order valence-corrected chi connectivity index (χ1v) is 9.05. The smallest absolute Gasteiger partial charge is 0.221 e. The number of carbonyl (C=O) groups is 1. The van der Waals surface area contributed by atoms with Crippen molar-refractivity contribution in [1.29, 1.82) is 0 Å². The molecule has 0 saturated carbocycles. The molecule has 1 unspecified atom stereocenters. The van der Waals surface area contributed by atoms with Crippen LogP contribution in [0.5, 0.6) is 0 Å². The minimum absolute atomic E-state index is 0.107. The van der Waals surface area contributed by atoms with E-state index in [-0.39, 0.29) is 17.4 Å². The van der Waals surface area contributed by atoms with Crippen LogP contribution in [0.3, 0.4) is 0 Å². The van der Waals surface area contributed by atoms with Crippen molar-refractivity contribution in [3.63, 3.8) is 0 Å². The second-order valence-electron chi connectivity index (χ2n) is 7.47. The molecule has 1 atom stereocenters. The van der Waals surface area contributed by atoms with Crippen LogP contribution in [0.25, 0.3) is 0 Å². The summed E-state index contributed by atoms with van der Waals surface area (Å²) in [7, 11) is 0. The molecule has 1 N–H and O–H groups in total. The number of pyridine rings is 1. The zero-order valence-electron chi connectivity index (χ0n) is 14.9. The van der Waals surface area contributed by atoms with E-state index in [1.807, 2.05) is 31.5 Å². The van der Waals surface area contributed by atoms with Crippen LogP contribution < -0.4 is 5.32 Å². The van der Waals surface area contributed by atoms with Crippen LogP contribution in [0.1, 0.15) is 47.8 Å². The second kappa shape index (κ2) is 6.30. The van der Waals surface area contributed by atoms with Crippen molar-refractivity contribution in [2.24, 2.45) is 0 Å². The molecule has 2 aromatic rings. The molecule has 25 heavy (non-hydrogen) atoms. The van der Waals surface area contributed by atoms with Crippen molar-refractivity contribution in [3.8, 4) is 0 Å². The number of likely N-dealkylation sites (tertiary alicyclic amines) is 1. The van der Waals surface area contributed by atoms with Crippen LogP contribution in [0.4, 0.5) is 0 Å². The first kappa shape index (κ1) is 16.3. The number of rotatable bonds is 3. The maximum absolute atomic E-state index is 12.2. The highest BCUT2D eigenvalue weighted by atomic mass is 16.3. The third kappa shape index (κ3) is 3.09. The quantitative estimate of drug-likeness (QED) is 0.934. The second-order valence-corrected chi connectivity index (χ2v) is 7.47. The number of piperidine rings is 1. The Balaban J connectivity index is 1.46. The lowest BCUT2D eigenvalue weighted by atomic mass is 9.74. The highest BCUT2D eigenvalue weighted by Gasteiger charge is 2.48. The van der Waals surface area contributed by atoms with Crippen LogP contribution in [0.2, 0.25) is 0 Å². The number of amides is 1. The van der Waals surface area contributed by atoms with Crippen molar-refractivity contribution in [2.75, 3.05) is 13.1 Å². The van der Waals surface area contributed by atoms with E-state index in [0.717, 1.165) is 44.0 Å². The van der Waals surface area contributed by atoms with E-state index in [1.165, 1.54) is 11.1 Å². The highest BCUT2D eigenvalue weighted by molar-refractivity contribution is 5.81. The summed E-state index contributed by atoms with van der Waals surface area (Å²) >= 11 is 0. The lowest BCUT2D eigenvalue weighted by Gasteiger charge is -2.42. The Morgan fingerprint density at radius 1 is 1.28 bits per heavy atom. The van der Waals surface area contributed by atoms with Crippen LogP contribution >= 0.6 is 0 Å². The minimum Gasteiger partial charge on any atom is -0.465 e. The summed E-state index contributed by atoms with van der Waals surface area (Å²) in [5.74, 6) is 2.46. The van der Waals surface area contributed by atoms with Gasteiger partial charge in [0.2, 0.25) is 5.91 Å². The van der Waals surface area contributed by atoms with Gasteiger partial charge in [0.1, 0.15) is 11.5 Å². The minimum atomic E-state index is -0.107. The van der Waals surface area contributed by atoms with Gasteiger partial charge < -0.3 is 9.73 Å². The number of aromatic nitrogens is 1. The third-order valence-electron chi connectivity index (χ3n) is 5.90. The molecule has 2 fully saturated rings. The van der Waals surface area contributed by atoms with Crippen LogP contribution in [-0.4, -0.2) is 34.4 Å². The number of aryl methyl sites for hydroxylation is 2. The molecular weight excluding hydrogens is 314 g/mol. The molecule has 132 valence electrons. The molecule has 2 aliphatic rings. The number of furan rings is 1. The number of nitrogens with one attached hydrogen (secondary N) is 1. The maximum Gasteiger partial charge on any atom is 0.221 e. The van der Waals surface area contributed by atoms with Crippen molar-refractivity contribution < 1.29 is 9.21 Å². The Morgan fingerprint density at radius 2 is 2.00 bits per heavy atom. The van der Waals surface area contributed by atoms with Crippen molar-refractivity contribution >= 4 is 5.91 Å². The standard InChI is InChI=1S/C20H25N3O2/c1-14-11-17(25-15(14)2)13-23-9-5-20(6-10-23)18(12-19(24)22-20)16-3-7-21-8-4-16/h3-4,7-8,11,18H,5-6,9-10,12-13H2,1-2H3,(H,22,24). The van der Waals surface area contributed by atoms with E-state index in [4.69, 9.17) is 4.42 Å². The van der Waals surface area contributed by atoms with Crippen LogP contribution in [-0.2, 0) is 11.3 Å². The van der Waals surface area contributed by atoms with Gasteiger partial charge in [-0.15, -0.1) is 0 Å². The Labute approximate surface area is 148 Å². The number of nitrogens with zero attached hydrogens (tertiary/aromatic N) is 2. The first-order chi connectivity index (χ1) is 12.1. The zero-order valence-corrected chi connectivity index (χ0v) is 14.9. The zero-order chi connectivity index (χ0) is 17.4. The lowest BCUT2D eigenvalue weighted by Crippen LogP contribution is -2.53. The molecule has 5 nitrogen and oxygen atoms in total. The molecular formula is C20H25N3O2. The van der Waals surface area contributed by atoms with Gasteiger partial charge >= 0.3 is 0 Å². The van der Waals surface area contributed by atoms with Gasteiger partial charge in [0, 0.05) is 43.4 Å². The van der Waals surface area contributed by atoms with E-state index in [9.17, 15) is 4.79 Å². The molecule has 1 amide bonds. The van der Waals surface area contributed by atoms with Gasteiger partial charge in [-0.2, -0.15) is 0 Å². The molecule has 2 aliphatic heterocycles. The highest BCUT2D eigenvalue weighted by Crippen LogP contribution is 2.43. The molecule has 1 spiro atoms. The number of hydrogen-bond donors (Lipinski definition) is 1. The van der Waals surface area contributed by atoms with Crippen LogP contribution in [0, 0.1) is 13.8 Å². The first-order valence-electron chi connectivity index (χ1n) is 9.05. The Morgan fingerprint density at radius 3 is 2.64 bits per heavy atom. The fourth-order valence-electron chi connectivity index (χ4n) is 4.36. The average molecular weight is 339 g/mol. The maximum atomic E-state index is 12.2. The van der Waals surface area contributed by atoms with Gasteiger partial charge in [-0.25, -0.2) is 0 Å². The topological polar surface area (TPSA) is 58.4 Å². The molecule has 4 rings (SSSR count). The normalized spacial score (nSPS) is 23.1. The predicted octanol–water partition coefficient (Wildman–Crippen LogP) is 2.93. The molecule has 2 saturated heterocycles. The Kier molecular flexibility index (Phi) is 4.12. The van der Waals surface area contributed by atoms with E-state index < -0.39 is 0 Å². The van der Waals surface area contributed by atoms with Gasteiger partial charge in [0.05, 0.1) is 6.54 Å². The number of carbonyl (C=O) groups excluding carboxylic acids is 1. The van der Waals surface area contributed by atoms with Crippen molar-refractivity contribution in [3.05, 3.63) is 53.2 Å². The molecule has 0 aliphatic carbocycles. The molecule has 0 radical (unpaired) electrons. The monoisotopic (exact) mass is 339 g/mol. The van der Waals surface area contributed by atoms with Gasteiger partial charge in [0.15, 0.2) is 0 Å². The fraction of sp³-hybridized carbons (Fsp3) is 0.500. The molecule has 0 aromatic carbocycles. The summed E-state index contributed by atoms with van der Waals surface area (Å²) in [5.41, 5.74) is 2.33. The molecule has 2 aromatic heterocycles. The number of hydrogen-bond acceptors (Lipinski definition) is 4. The Hall–Kier alpha value is -2.14. The van der Waals surface area contributed by atoms with Crippen LogP contribution in [0.15, 0.2) is 35.0 Å². The molecule has 5 heteroatoms. The summed E-state index contributed by atoms with van der Waals surface area (Å²) in [4.78, 5) is 18.7. The summed E-state index contributed by atoms with van der Waals surface area (Å²) < 4.78 is 5.82. The summed E-state index contributed by atoms with van der Waals surface area (Å²) in [6.07, 6.45) is 6.18. The van der Waals surface area contributed by atoms with Crippen molar-refractivity contribution in [2.45, 2.75) is 51.1 Å². The van der Waals surface area contributed by atoms with Gasteiger partial charge in [0.25, 0.3) is 0 Å². The van der Waals surface area contributed by atoms with Gasteiger partial charge in [-0.05, 0) is 56.0 Å². The molecule has 0 bridgehead atoms. The van der Waals surface area contributed by atoms with E-state index >= 15 is 0 Å². The third-order valence-corrected chi connectivity index (χ3v) is 5.90. The SMILES string of the molecule is Cc1cc(CN2CCC3(CC2)NC(=O)CC3c2ccncc2)oc1C. The van der Waals surface area contributed by atoms with E-state index in [0.29, 0.717) is 6.42 Å². The average Bonchev–Trinajstić information content (AvgIpc) is 3.10. The fourth-order valence-corrected chi connectivity index (χ4v) is 4.36. The summed E-state index contributed by atoms with van der Waals surface area (Å²) in [6, 6.07) is 6.23. The molecule has 4 heterocycles. The lowest BCUT2D eigenvalue weighted by molar-refractivity contribution is -0.120. The summed E-state index contributed by atoms with van der Waals surface area (Å²) in [6.45, 7) is 6.89. The van der Waals surface area contributed by atoms with E-state index in [2.05, 4.69) is 28.2 Å². The van der Waals surface area contributed by atoms with Gasteiger partial charge in [-0.3, -0.25) is 14.7 Å². The summed E-state index contributed by atoms with van der Waals surface area (Å²) in [5, 5.41) is 3.31. The van der Waals surface area contributed by atoms with E-state index in [1.54, 1.807) is 0 Å². The predicted molar refractivity (Wildman–Crippen MR) is 95.2 cm³/mol. The Bertz CT molecular complexity index is 741. The largest absolute Gasteiger partial charge is 0.465 e. The van der Waals surface area contributed by atoms with Crippen molar-refractivity contribution in [1.82, 2.24) is 15.2 Å². The van der Waals surface area contributed by atoms with Gasteiger partial charge in [-0.1, -0.05) is 0 Å².